The van der Waals surface area contributed by atoms with E-state index in [0.717, 1.165) is 31.0 Å². The summed E-state index contributed by atoms with van der Waals surface area (Å²) in [6.07, 6.45) is 6.13. The van der Waals surface area contributed by atoms with Crippen molar-refractivity contribution < 1.29 is 19.1 Å². The zero-order valence-corrected chi connectivity index (χ0v) is 18.3. The van der Waals surface area contributed by atoms with Crippen LogP contribution >= 0.6 is 11.8 Å². The number of hydrogen-bond acceptors (Lipinski definition) is 5. The summed E-state index contributed by atoms with van der Waals surface area (Å²) in [6, 6.07) is -0.826. The Morgan fingerprint density at radius 2 is 1.59 bits per heavy atom. The van der Waals surface area contributed by atoms with E-state index in [0.29, 0.717) is 13.1 Å². The zero-order chi connectivity index (χ0) is 20.7. The van der Waals surface area contributed by atoms with Crippen LogP contribution in [0.4, 0.5) is 9.59 Å². The standard InChI is InChI=1S/C19H37N3O4S/c1-6-8-9-10-11-12-13-21-16(23)15(14-27-18(25)20-7-2)22-17(24)26-19(3,4)5/h15H,6-14H2,1-5H3,(H,20,25)(H,21,23)(H,22,24)/t15-/m0/s1. The summed E-state index contributed by atoms with van der Waals surface area (Å²) < 4.78 is 5.21. The van der Waals surface area contributed by atoms with Gasteiger partial charge in [-0.05, 0) is 34.1 Å². The summed E-state index contributed by atoms with van der Waals surface area (Å²) in [7, 11) is 0. The van der Waals surface area contributed by atoms with Gasteiger partial charge in [-0.3, -0.25) is 9.59 Å². The van der Waals surface area contributed by atoms with Crippen molar-refractivity contribution in [2.75, 3.05) is 18.8 Å². The Morgan fingerprint density at radius 1 is 0.963 bits per heavy atom. The third kappa shape index (κ3) is 15.3. The Balaban J connectivity index is 4.46. The molecule has 0 saturated carbocycles. The number of nitrogens with one attached hydrogen (secondary N) is 3. The summed E-state index contributed by atoms with van der Waals surface area (Å²) in [5, 5.41) is 7.84. The van der Waals surface area contributed by atoms with E-state index in [1.807, 2.05) is 6.92 Å². The molecule has 1 atom stereocenters. The molecule has 0 unspecified atom stereocenters. The van der Waals surface area contributed by atoms with Crippen LogP contribution in [0.25, 0.3) is 0 Å². The second-order valence-corrected chi connectivity index (χ2v) is 8.38. The van der Waals surface area contributed by atoms with Crippen LogP contribution in [0, 0.1) is 0 Å². The molecule has 158 valence electrons. The monoisotopic (exact) mass is 403 g/mol. The van der Waals surface area contributed by atoms with Gasteiger partial charge in [-0.1, -0.05) is 50.8 Å². The van der Waals surface area contributed by atoms with E-state index in [-0.39, 0.29) is 16.9 Å². The van der Waals surface area contributed by atoms with Gasteiger partial charge in [-0.2, -0.15) is 0 Å². The lowest BCUT2D eigenvalue weighted by atomic mass is 10.1. The van der Waals surface area contributed by atoms with Gasteiger partial charge in [0.05, 0.1) is 0 Å². The molecule has 0 heterocycles. The molecular weight excluding hydrogens is 366 g/mol. The third-order valence-corrected chi connectivity index (χ3v) is 4.45. The van der Waals surface area contributed by atoms with Crippen molar-refractivity contribution in [2.24, 2.45) is 0 Å². The molecule has 0 rings (SSSR count). The third-order valence-electron chi connectivity index (χ3n) is 3.54. The van der Waals surface area contributed by atoms with Gasteiger partial charge in [-0.25, -0.2) is 4.79 Å². The molecule has 0 aliphatic carbocycles. The highest BCUT2D eigenvalue weighted by Crippen LogP contribution is 2.09. The molecule has 0 fully saturated rings. The molecule has 7 nitrogen and oxygen atoms in total. The van der Waals surface area contributed by atoms with Crippen molar-refractivity contribution in [1.29, 1.82) is 0 Å². The van der Waals surface area contributed by atoms with Gasteiger partial charge in [0.2, 0.25) is 5.91 Å². The average molecular weight is 404 g/mol. The number of amides is 3. The van der Waals surface area contributed by atoms with Crippen molar-refractivity contribution >= 4 is 29.0 Å². The molecule has 0 aromatic heterocycles. The topological polar surface area (TPSA) is 96.5 Å². The molecule has 0 aromatic rings. The molecule has 0 bridgehead atoms. The minimum absolute atomic E-state index is 0.146. The largest absolute Gasteiger partial charge is 0.444 e. The first-order valence-electron chi connectivity index (χ1n) is 9.87. The lowest BCUT2D eigenvalue weighted by Gasteiger charge is -2.23. The highest BCUT2D eigenvalue weighted by molar-refractivity contribution is 8.13. The van der Waals surface area contributed by atoms with Crippen LogP contribution in [0.1, 0.15) is 73.1 Å². The van der Waals surface area contributed by atoms with Crippen molar-refractivity contribution in [2.45, 2.75) is 84.8 Å². The zero-order valence-electron chi connectivity index (χ0n) is 17.5. The first-order chi connectivity index (χ1) is 12.7. The normalized spacial score (nSPS) is 12.2. The number of alkyl carbamates (subject to hydrolysis) is 1. The fraction of sp³-hybridized carbons (Fsp3) is 0.842. The van der Waals surface area contributed by atoms with Crippen LogP contribution in [0.2, 0.25) is 0 Å². The number of carbonyl (C=O) groups is 3. The molecule has 0 saturated heterocycles. The van der Waals surface area contributed by atoms with Crippen LogP contribution in [0.3, 0.4) is 0 Å². The van der Waals surface area contributed by atoms with Gasteiger partial charge < -0.3 is 20.7 Å². The number of thioether (sulfide) groups is 1. The Bertz CT molecular complexity index is 453. The highest BCUT2D eigenvalue weighted by atomic mass is 32.2. The van der Waals surface area contributed by atoms with E-state index in [1.165, 1.54) is 19.3 Å². The summed E-state index contributed by atoms with van der Waals surface area (Å²) in [5.41, 5.74) is -0.656. The molecule has 8 heteroatoms. The lowest BCUT2D eigenvalue weighted by molar-refractivity contribution is -0.122. The molecule has 0 spiro atoms. The fourth-order valence-corrected chi connectivity index (χ4v) is 3.03. The van der Waals surface area contributed by atoms with E-state index in [2.05, 4.69) is 22.9 Å². The summed E-state index contributed by atoms with van der Waals surface area (Å²) in [4.78, 5) is 36.1. The van der Waals surface area contributed by atoms with E-state index >= 15 is 0 Å². The van der Waals surface area contributed by atoms with Gasteiger partial charge in [0, 0.05) is 18.8 Å². The van der Waals surface area contributed by atoms with Crippen LogP contribution < -0.4 is 16.0 Å². The molecule has 0 aliphatic rings. The van der Waals surface area contributed by atoms with Gasteiger partial charge in [0.15, 0.2) is 0 Å². The second-order valence-electron chi connectivity index (χ2n) is 7.39. The molecule has 0 aromatic carbocycles. The first-order valence-corrected chi connectivity index (χ1v) is 10.9. The number of unbranched alkanes of at least 4 members (excludes halogenated alkanes) is 5. The first kappa shape index (κ1) is 25.6. The molecule has 0 aliphatic heterocycles. The van der Waals surface area contributed by atoms with Gasteiger partial charge in [0.1, 0.15) is 11.6 Å². The predicted molar refractivity (Wildman–Crippen MR) is 111 cm³/mol. The van der Waals surface area contributed by atoms with Crippen LogP contribution in [0.15, 0.2) is 0 Å². The van der Waals surface area contributed by atoms with Crippen molar-refractivity contribution in [3.63, 3.8) is 0 Å². The average Bonchev–Trinajstić information content (AvgIpc) is 2.56. The maximum absolute atomic E-state index is 12.4. The number of hydrogen-bond donors (Lipinski definition) is 3. The quantitative estimate of drug-likeness (QED) is 0.431. The summed E-state index contributed by atoms with van der Waals surface area (Å²) >= 11 is 0.969. The molecule has 3 amide bonds. The predicted octanol–water partition coefficient (Wildman–Crippen LogP) is 3.82. The van der Waals surface area contributed by atoms with E-state index in [1.54, 1.807) is 20.8 Å². The second kappa shape index (κ2) is 14.6. The Hall–Kier alpha value is -1.44. The van der Waals surface area contributed by atoms with Crippen molar-refractivity contribution in [3.8, 4) is 0 Å². The van der Waals surface area contributed by atoms with Crippen molar-refractivity contribution in [3.05, 3.63) is 0 Å². The van der Waals surface area contributed by atoms with Gasteiger partial charge in [-0.15, -0.1) is 0 Å². The fourth-order valence-electron chi connectivity index (χ4n) is 2.23. The number of ether oxygens (including phenoxy) is 1. The number of carbonyl (C=O) groups excluding carboxylic acids is 3. The van der Waals surface area contributed by atoms with E-state index in [9.17, 15) is 14.4 Å². The Morgan fingerprint density at radius 3 is 2.19 bits per heavy atom. The maximum atomic E-state index is 12.4. The van der Waals surface area contributed by atoms with Crippen LogP contribution in [-0.2, 0) is 9.53 Å². The molecule has 3 N–H and O–H groups in total. The number of rotatable bonds is 12. The highest BCUT2D eigenvalue weighted by Gasteiger charge is 2.25. The van der Waals surface area contributed by atoms with Crippen LogP contribution in [-0.4, -0.2) is 47.7 Å². The van der Waals surface area contributed by atoms with Crippen LogP contribution in [0.5, 0.6) is 0 Å². The minimum atomic E-state index is -0.826. The van der Waals surface area contributed by atoms with Gasteiger partial charge >= 0.3 is 6.09 Å². The summed E-state index contributed by atoms with van der Waals surface area (Å²) in [5.74, 6) is -0.154. The Kier molecular flexibility index (Phi) is 13.8. The maximum Gasteiger partial charge on any atom is 0.408 e. The van der Waals surface area contributed by atoms with E-state index in [4.69, 9.17) is 4.74 Å². The smallest absolute Gasteiger partial charge is 0.408 e. The lowest BCUT2D eigenvalue weighted by Crippen LogP contribution is -2.50. The SMILES string of the molecule is CCCCCCCCNC(=O)[C@H](CSC(=O)NCC)NC(=O)OC(C)(C)C. The Labute approximate surface area is 168 Å². The summed E-state index contributed by atoms with van der Waals surface area (Å²) in [6.45, 7) is 10.3. The van der Waals surface area contributed by atoms with Crippen molar-refractivity contribution in [1.82, 2.24) is 16.0 Å². The molecule has 27 heavy (non-hydrogen) atoms. The molecule has 0 radical (unpaired) electrons. The minimum Gasteiger partial charge on any atom is -0.444 e. The van der Waals surface area contributed by atoms with Gasteiger partial charge in [0.25, 0.3) is 5.24 Å². The van der Waals surface area contributed by atoms with E-state index < -0.39 is 17.7 Å². The molecular formula is C19H37N3O4S.